The van der Waals surface area contributed by atoms with E-state index in [9.17, 15) is 22.8 Å². The maximum absolute atomic E-state index is 13.4. The Hall–Kier alpha value is -2.09. The van der Waals surface area contributed by atoms with Crippen molar-refractivity contribution in [2.45, 2.75) is 19.8 Å². The monoisotopic (exact) mass is 332 g/mol. The molecule has 1 aromatic carbocycles. The van der Waals surface area contributed by atoms with E-state index in [4.69, 9.17) is 0 Å². The molecule has 1 atom stereocenters. The van der Waals surface area contributed by atoms with Gasteiger partial charge in [-0.25, -0.2) is 13.2 Å². The SMILES string of the molecule is CCCCNC(=O)C[NH+](C)CC(=O)Nc1ccc(F)c(F)c1F. The third-order valence-electron chi connectivity index (χ3n) is 3.09. The van der Waals surface area contributed by atoms with Gasteiger partial charge in [0.25, 0.3) is 11.8 Å². The first-order valence-electron chi connectivity index (χ1n) is 7.36. The van der Waals surface area contributed by atoms with Gasteiger partial charge in [-0.1, -0.05) is 13.3 Å². The Bertz CT molecular complexity index is 567. The normalized spacial score (nSPS) is 11.9. The van der Waals surface area contributed by atoms with Crippen molar-refractivity contribution in [3.05, 3.63) is 29.6 Å². The van der Waals surface area contributed by atoms with Crippen molar-refractivity contribution in [3.63, 3.8) is 0 Å². The highest BCUT2D eigenvalue weighted by molar-refractivity contribution is 5.91. The highest BCUT2D eigenvalue weighted by Gasteiger charge is 2.18. The number of quaternary nitrogens is 1. The second-order valence-corrected chi connectivity index (χ2v) is 5.29. The number of unbranched alkanes of at least 4 members (excludes halogenated alkanes) is 1. The lowest BCUT2D eigenvalue weighted by Crippen LogP contribution is -3.11. The number of rotatable bonds is 8. The van der Waals surface area contributed by atoms with E-state index in [1.54, 1.807) is 7.05 Å². The second kappa shape index (κ2) is 9.14. The van der Waals surface area contributed by atoms with Crippen molar-refractivity contribution in [2.24, 2.45) is 0 Å². The fraction of sp³-hybridized carbons (Fsp3) is 0.467. The van der Waals surface area contributed by atoms with Crippen molar-refractivity contribution in [2.75, 3.05) is 32.0 Å². The maximum Gasteiger partial charge on any atom is 0.279 e. The van der Waals surface area contributed by atoms with Crippen LogP contribution in [0.5, 0.6) is 0 Å². The number of hydrogen-bond donors (Lipinski definition) is 3. The third-order valence-corrected chi connectivity index (χ3v) is 3.09. The predicted octanol–water partition coefficient (Wildman–Crippen LogP) is 0.473. The fourth-order valence-electron chi connectivity index (χ4n) is 1.89. The van der Waals surface area contributed by atoms with Crippen LogP contribution in [-0.4, -0.2) is 38.5 Å². The summed E-state index contributed by atoms with van der Waals surface area (Å²) in [6.07, 6.45) is 1.84. The smallest absolute Gasteiger partial charge is 0.279 e. The first-order valence-corrected chi connectivity index (χ1v) is 7.36. The highest BCUT2D eigenvalue weighted by Crippen LogP contribution is 2.19. The molecule has 0 saturated carbocycles. The van der Waals surface area contributed by atoms with Gasteiger partial charge in [0.15, 0.2) is 30.5 Å². The molecule has 2 amide bonds. The number of hydrogen-bond acceptors (Lipinski definition) is 2. The fourth-order valence-corrected chi connectivity index (χ4v) is 1.89. The van der Waals surface area contributed by atoms with Crippen LogP contribution in [0, 0.1) is 17.5 Å². The summed E-state index contributed by atoms with van der Waals surface area (Å²) >= 11 is 0. The summed E-state index contributed by atoms with van der Waals surface area (Å²) in [5.74, 6) is -5.21. The second-order valence-electron chi connectivity index (χ2n) is 5.29. The summed E-state index contributed by atoms with van der Waals surface area (Å²) in [5.41, 5.74) is -0.436. The standard InChI is InChI=1S/C15H20F3N3O2/c1-3-4-7-19-12(22)8-21(2)9-13(23)20-11-6-5-10(16)14(17)15(11)18/h5-6H,3-4,7-9H2,1-2H3,(H,19,22)(H,20,23)/p+1. The Kier molecular flexibility index (Phi) is 7.53. The summed E-state index contributed by atoms with van der Waals surface area (Å²) in [4.78, 5) is 23.9. The molecule has 0 aliphatic heterocycles. The number of benzene rings is 1. The largest absolute Gasteiger partial charge is 0.351 e. The Balaban J connectivity index is 2.47. The molecule has 0 heterocycles. The van der Waals surface area contributed by atoms with Crippen LogP contribution in [0.3, 0.4) is 0 Å². The molecule has 1 unspecified atom stereocenters. The molecule has 0 aliphatic carbocycles. The molecule has 1 rings (SSSR count). The maximum atomic E-state index is 13.4. The van der Waals surface area contributed by atoms with Crippen molar-refractivity contribution < 1.29 is 27.7 Å². The van der Waals surface area contributed by atoms with Crippen LogP contribution in [0.4, 0.5) is 18.9 Å². The Labute approximate surface area is 132 Å². The van der Waals surface area contributed by atoms with Gasteiger partial charge in [0.1, 0.15) is 0 Å². The van der Waals surface area contributed by atoms with Crippen LogP contribution < -0.4 is 15.5 Å². The molecule has 3 N–H and O–H groups in total. The molecule has 5 nitrogen and oxygen atoms in total. The zero-order valence-corrected chi connectivity index (χ0v) is 13.1. The van der Waals surface area contributed by atoms with Gasteiger partial charge in [-0.3, -0.25) is 9.59 Å². The average molecular weight is 332 g/mol. The van der Waals surface area contributed by atoms with Gasteiger partial charge in [-0.15, -0.1) is 0 Å². The molecule has 23 heavy (non-hydrogen) atoms. The minimum absolute atomic E-state index is 0.0807. The van der Waals surface area contributed by atoms with E-state index in [0.717, 1.165) is 25.0 Å². The van der Waals surface area contributed by atoms with Gasteiger partial charge in [0.2, 0.25) is 0 Å². The first kappa shape index (κ1) is 19.0. The molecular formula is C15H21F3N3O2+. The molecule has 0 fully saturated rings. The van der Waals surface area contributed by atoms with Gasteiger partial charge in [0.05, 0.1) is 12.7 Å². The number of halogens is 3. The summed E-state index contributed by atoms with van der Waals surface area (Å²) < 4.78 is 39.3. The Morgan fingerprint density at radius 2 is 1.74 bits per heavy atom. The lowest BCUT2D eigenvalue weighted by atomic mass is 10.2. The minimum Gasteiger partial charge on any atom is -0.351 e. The van der Waals surface area contributed by atoms with Gasteiger partial charge in [0, 0.05) is 6.54 Å². The average Bonchev–Trinajstić information content (AvgIpc) is 2.48. The van der Waals surface area contributed by atoms with E-state index < -0.39 is 29.0 Å². The molecule has 0 aromatic heterocycles. The van der Waals surface area contributed by atoms with E-state index in [-0.39, 0.29) is 19.0 Å². The van der Waals surface area contributed by atoms with Gasteiger partial charge < -0.3 is 15.5 Å². The lowest BCUT2D eigenvalue weighted by Gasteiger charge is -2.14. The van der Waals surface area contributed by atoms with Crippen LogP contribution in [0.15, 0.2) is 12.1 Å². The van der Waals surface area contributed by atoms with Crippen molar-refractivity contribution in [1.82, 2.24) is 5.32 Å². The van der Waals surface area contributed by atoms with Crippen LogP contribution >= 0.6 is 0 Å². The Morgan fingerprint density at radius 3 is 2.39 bits per heavy atom. The summed E-state index contributed by atoms with van der Waals surface area (Å²) in [6, 6.07) is 1.67. The van der Waals surface area contributed by atoms with E-state index in [1.165, 1.54) is 0 Å². The topological polar surface area (TPSA) is 62.6 Å². The molecule has 8 heteroatoms. The molecule has 0 aliphatic rings. The summed E-state index contributed by atoms with van der Waals surface area (Å²) in [7, 11) is 1.63. The summed E-state index contributed by atoms with van der Waals surface area (Å²) in [6.45, 7) is 2.55. The number of nitrogens with one attached hydrogen (secondary N) is 3. The number of likely N-dealkylation sites (N-methyl/N-ethyl adjacent to an activating group) is 1. The van der Waals surface area contributed by atoms with E-state index in [0.29, 0.717) is 11.4 Å². The number of carbonyl (C=O) groups is 2. The van der Waals surface area contributed by atoms with Gasteiger partial charge in [-0.05, 0) is 18.6 Å². The zero-order valence-electron chi connectivity index (χ0n) is 13.1. The van der Waals surface area contributed by atoms with Crippen LogP contribution in [0.25, 0.3) is 0 Å². The van der Waals surface area contributed by atoms with E-state index in [2.05, 4.69) is 10.6 Å². The van der Waals surface area contributed by atoms with Gasteiger partial charge in [-0.2, -0.15) is 0 Å². The minimum atomic E-state index is -1.64. The molecule has 0 spiro atoms. The van der Waals surface area contributed by atoms with Crippen LogP contribution in [-0.2, 0) is 9.59 Å². The Morgan fingerprint density at radius 1 is 1.09 bits per heavy atom. The first-order chi connectivity index (χ1) is 10.8. The molecular weight excluding hydrogens is 311 g/mol. The lowest BCUT2D eigenvalue weighted by molar-refractivity contribution is -0.862. The quantitative estimate of drug-likeness (QED) is 0.479. The molecule has 128 valence electrons. The molecule has 0 radical (unpaired) electrons. The molecule has 0 bridgehead atoms. The molecule has 1 aromatic rings. The van der Waals surface area contributed by atoms with Crippen molar-refractivity contribution >= 4 is 17.5 Å². The predicted molar refractivity (Wildman–Crippen MR) is 79.5 cm³/mol. The van der Waals surface area contributed by atoms with Crippen molar-refractivity contribution in [3.8, 4) is 0 Å². The van der Waals surface area contributed by atoms with E-state index >= 15 is 0 Å². The van der Waals surface area contributed by atoms with Crippen LogP contribution in [0.2, 0.25) is 0 Å². The van der Waals surface area contributed by atoms with Crippen molar-refractivity contribution in [1.29, 1.82) is 0 Å². The van der Waals surface area contributed by atoms with Gasteiger partial charge >= 0.3 is 0 Å². The number of anilines is 1. The van der Waals surface area contributed by atoms with Crippen LogP contribution in [0.1, 0.15) is 19.8 Å². The number of amides is 2. The number of carbonyl (C=O) groups excluding carboxylic acids is 2. The molecule has 0 saturated heterocycles. The summed E-state index contributed by atoms with van der Waals surface area (Å²) in [5, 5.41) is 4.88. The highest BCUT2D eigenvalue weighted by atomic mass is 19.2. The third kappa shape index (κ3) is 6.27. The zero-order chi connectivity index (χ0) is 17.4. The van der Waals surface area contributed by atoms with E-state index in [1.807, 2.05) is 6.92 Å².